The Morgan fingerprint density at radius 1 is 1.17 bits per heavy atom. The number of thiazole rings is 1. The van der Waals surface area contributed by atoms with Gasteiger partial charge >= 0.3 is 0 Å². The number of allylic oxidation sites excluding steroid dienone is 1. The number of nitrogens with zero attached hydrogens (tertiary/aromatic N) is 3. The highest BCUT2D eigenvalue weighted by Crippen LogP contribution is 2.30. The number of hydrogen-bond donors (Lipinski definition) is 2. The van der Waals surface area contributed by atoms with Crippen molar-refractivity contribution < 1.29 is 13.2 Å². The van der Waals surface area contributed by atoms with Crippen LogP contribution in [-0.4, -0.2) is 43.0 Å². The van der Waals surface area contributed by atoms with E-state index in [0.29, 0.717) is 5.13 Å². The summed E-state index contributed by atoms with van der Waals surface area (Å²) in [5.74, 6) is -0.0146. The molecule has 8 nitrogen and oxygen atoms in total. The van der Waals surface area contributed by atoms with E-state index in [1.165, 1.54) is 16.9 Å². The fraction of sp³-hybridized carbons (Fsp3) is 0.333. The number of hydrogen-bond acceptors (Lipinski definition) is 6. The summed E-state index contributed by atoms with van der Waals surface area (Å²) in [6.45, 7) is 1.81. The number of aromatic nitrogens is 2. The lowest BCUT2D eigenvalue weighted by Crippen LogP contribution is -2.45. The van der Waals surface area contributed by atoms with Crippen LogP contribution in [0.2, 0.25) is 0 Å². The van der Waals surface area contributed by atoms with Crippen LogP contribution in [-0.2, 0) is 27.8 Å². The van der Waals surface area contributed by atoms with Gasteiger partial charge in [-0.3, -0.25) is 9.52 Å². The normalized spacial score (nSPS) is 16.5. The molecule has 5 rings (SSSR count). The monoisotopic (exact) mass is 531 g/mol. The van der Waals surface area contributed by atoms with E-state index >= 15 is 0 Å². The molecule has 0 radical (unpaired) electrons. The molecule has 3 aromatic rings. The van der Waals surface area contributed by atoms with Crippen molar-refractivity contribution in [1.82, 2.24) is 14.9 Å². The van der Waals surface area contributed by atoms with Crippen molar-refractivity contribution in [3.63, 3.8) is 0 Å². The molecule has 1 aromatic carbocycles. The maximum absolute atomic E-state index is 12.7. The van der Waals surface area contributed by atoms with E-state index in [4.69, 9.17) is 11.6 Å². The minimum absolute atomic E-state index is 0.0146. The number of benzene rings is 1. The molecule has 1 aliphatic heterocycles. The third-order valence-electron chi connectivity index (χ3n) is 6.35. The van der Waals surface area contributed by atoms with Gasteiger partial charge in [-0.2, -0.15) is 0 Å². The highest BCUT2D eigenvalue weighted by molar-refractivity contribution is 7.93. The van der Waals surface area contributed by atoms with Gasteiger partial charge in [-0.25, -0.2) is 13.4 Å². The second-order valence-electron chi connectivity index (χ2n) is 8.67. The highest BCUT2D eigenvalue weighted by Gasteiger charge is 2.23. The number of sulfonamides is 1. The molecule has 1 saturated heterocycles. The molecule has 0 bridgehead atoms. The van der Waals surface area contributed by atoms with Gasteiger partial charge < -0.3 is 14.8 Å². The fourth-order valence-corrected chi connectivity index (χ4v) is 6.71. The lowest BCUT2D eigenvalue weighted by Gasteiger charge is -2.34. The predicted octanol–water partition coefficient (Wildman–Crippen LogP) is 4.06. The largest absolute Gasteiger partial charge is 0.371 e. The van der Waals surface area contributed by atoms with Gasteiger partial charge in [0.05, 0.1) is 15.6 Å². The molecule has 35 heavy (non-hydrogen) atoms. The van der Waals surface area contributed by atoms with Crippen LogP contribution >= 0.6 is 22.9 Å². The standard InChI is InChI=1S/C24H26ClN5O3S2/c25-21-3-1-2-17-8-12-30(23(17)21)16-22(31)27-18-9-13-29(14-10-18)19-4-6-20(7-5-19)35(32,33)28-24-26-11-15-34-24/h3-8,11-12,15,18H,1-2,9-10,13-14,16H2,(H,26,28)(H,27,31). The van der Waals surface area contributed by atoms with Crippen LogP contribution < -0.4 is 14.9 Å². The van der Waals surface area contributed by atoms with Crippen LogP contribution in [0.4, 0.5) is 10.8 Å². The minimum atomic E-state index is -3.67. The van der Waals surface area contributed by atoms with E-state index in [-0.39, 0.29) is 23.4 Å². The Labute approximate surface area is 213 Å². The van der Waals surface area contributed by atoms with Crippen molar-refractivity contribution in [3.8, 4) is 0 Å². The molecule has 2 aromatic heterocycles. The molecule has 1 fully saturated rings. The van der Waals surface area contributed by atoms with Crippen molar-refractivity contribution >= 4 is 54.7 Å². The van der Waals surface area contributed by atoms with Crippen LogP contribution in [0.15, 0.2) is 59.1 Å². The SMILES string of the molecule is O=C(Cn1ccc2c1C(Cl)=CCC2)NC1CCN(c2ccc(S(=O)(=O)Nc3nccs3)cc2)CC1. The third kappa shape index (κ3) is 5.39. The molecule has 1 amide bonds. The molecule has 2 N–H and O–H groups in total. The first-order valence-electron chi connectivity index (χ1n) is 11.5. The van der Waals surface area contributed by atoms with Gasteiger partial charge in [-0.15, -0.1) is 11.3 Å². The molecule has 0 spiro atoms. The maximum Gasteiger partial charge on any atom is 0.263 e. The summed E-state index contributed by atoms with van der Waals surface area (Å²) in [7, 11) is -3.67. The zero-order valence-corrected chi connectivity index (χ0v) is 21.4. The molecule has 1 aliphatic carbocycles. The molecule has 184 valence electrons. The van der Waals surface area contributed by atoms with Crippen molar-refractivity contribution in [2.75, 3.05) is 22.7 Å². The molecular weight excluding hydrogens is 506 g/mol. The number of carbonyl (C=O) groups is 1. The summed E-state index contributed by atoms with van der Waals surface area (Å²) in [5, 5.41) is 5.93. The van der Waals surface area contributed by atoms with Crippen LogP contribution in [0, 0.1) is 0 Å². The number of anilines is 2. The zero-order chi connectivity index (χ0) is 24.4. The fourth-order valence-electron chi connectivity index (χ4n) is 4.59. The molecule has 11 heteroatoms. The van der Waals surface area contributed by atoms with Gasteiger partial charge in [0.1, 0.15) is 6.54 Å². The number of rotatable bonds is 7. The lowest BCUT2D eigenvalue weighted by molar-refractivity contribution is -0.122. The van der Waals surface area contributed by atoms with Crippen molar-refractivity contribution in [2.24, 2.45) is 0 Å². The third-order valence-corrected chi connectivity index (χ3v) is 8.86. The summed E-state index contributed by atoms with van der Waals surface area (Å²) in [6, 6.07) is 9.01. The Hall–Kier alpha value is -2.82. The number of piperidine rings is 1. The Kier molecular flexibility index (Phi) is 6.86. The average molecular weight is 532 g/mol. The molecular formula is C24H26ClN5O3S2. The molecule has 0 saturated carbocycles. The number of carbonyl (C=O) groups excluding carboxylic acids is 1. The Bertz CT molecular complexity index is 1330. The van der Waals surface area contributed by atoms with Crippen LogP contribution in [0.1, 0.15) is 30.5 Å². The number of aryl methyl sites for hydroxylation is 1. The van der Waals surface area contributed by atoms with E-state index < -0.39 is 10.0 Å². The summed E-state index contributed by atoms with van der Waals surface area (Å²) in [5.41, 5.74) is 3.11. The first kappa shape index (κ1) is 23.9. The maximum atomic E-state index is 12.7. The van der Waals surface area contributed by atoms with Crippen LogP contribution in [0.3, 0.4) is 0 Å². The quantitative estimate of drug-likeness (QED) is 0.479. The zero-order valence-electron chi connectivity index (χ0n) is 19.0. The van der Waals surface area contributed by atoms with Gasteiger partial charge in [0, 0.05) is 42.6 Å². The summed E-state index contributed by atoms with van der Waals surface area (Å²) >= 11 is 7.61. The minimum Gasteiger partial charge on any atom is -0.371 e. The Morgan fingerprint density at radius 2 is 1.94 bits per heavy atom. The Morgan fingerprint density at radius 3 is 2.66 bits per heavy atom. The molecule has 2 aliphatic rings. The van der Waals surface area contributed by atoms with Gasteiger partial charge in [0.25, 0.3) is 10.0 Å². The topological polar surface area (TPSA) is 96.3 Å². The number of amides is 1. The second-order valence-corrected chi connectivity index (χ2v) is 11.7. The van der Waals surface area contributed by atoms with Crippen molar-refractivity contribution in [2.45, 2.75) is 43.2 Å². The molecule has 0 atom stereocenters. The van der Waals surface area contributed by atoms with Crippen LogP contribution in [0.25, 0.3) is 5.03 Å². The first-order chi connectivity index (χ1) is 16.9. The van der Waals surface area contributed by atoms with Gasteiger partial charge in [0.2, 0.25) is 5.91 Å². The second kappa shape index (κ2) is 10.0. The van der Waals surface area contributed by atoms with E-state index in [2.05, 4.69) is 19.9 Å². The van der Waals surface area contributed by atoms with E-state index in [9.17, 15) is 13.2 Å². The van der Waals surface area contributed by atoms with E-state index in [1.54, 1.807) is 23.7 Å². The number of nitrogens with one attached hydrogen (secondary N) is 2. The predicted molar refractivity (Wildman–Crippen MR) is 139 cm³/mol. The molecule has 3 heterocycles. The smallest absolute Gasteiger partial charge is 0.263 e. The van der Waals surface area contributed by atoms with Crippen LogP contribution in [0.5, 0.6) is 0 Å². The van der Waals surface area contributed by atoms with Gasteiger partial charge in [-0.1, -0.05) is 17.7 Å². The number of fused-ring (bicyclic) bond motifs is 1. The first-order valence-corrected chi connectivity index (χ1v) is 14.2. The molecule has 0 unspecified atom stereocenters. The van der Waals surface area contributed by atoms with Gasteiger partial charge in [-0.05, 0) is 61.6 Å². The van der Waals surface area contributed by atoms with Crippen molar-refractivity contribution in [3.05, 3.63) is 65.4 Å². The lowest BCUT2D eigenvalue weighted by atomic mass is 10.0. The van der Waals surface area contributed by atoms with Crippen molar-refractivity contribution in [1.29, 1.82) is 0 Å². The average Bonchev–Trinajstić information content (AvgIpc) is 3.50. The van der Waals surface area contributed by atoms with E-state index in [0.717, 1.165) is 55.2 Å². The highest BCUT2D eigenvalue weighted by atomic mass is 35.5. The van der Waals surface area contributed by atoms with E-state index in [1.807, 2.05) is 35.0 Å². The Balaban J connectivity index is 1.13. The van der Waals surface area contributed by atoms with Gasteiger partial charge in [0.15, 0.2) is 5.13 Å². The summed E-state index contributed by atoms with van der Waals surface area (Å²) in [6.07, 6.45) is 9.02. The summed E-state index contributed by atoms with van der Waals surface area (Å²) < 4.78 is 29.5. The number of halogens is 1. The summed E-state index contributed by atoms with van der Waals surface area (Å²) in [4.78, 5) is 19.1.